The van der Waals surface area contributed by atoms with Gasteiger partial charge in [0.15, 0.2) is 0 Å². The predicted molar refractivity (Wildman–Crippen MR) is 53.6 cm³/mol. The summed E-state index contributed by atoms with van der Waals surface area (Å²) in [5.41, 5.74) is 0. The second-order valence-electron chi connectivity index (χ2n) is 4.06. The zero-order valence-electron chi connectivity index (χ0n) is 9.03. The molecule has 0 bridgehead atoms. The van der Waals surface area contributed by atoms with Gasteiger partial charge in [0.2, 0.25) is 0 Å². The van der Waals surface area contributed by atoms with Crippen LogP contribution in [0, 0.1) is 17.2 Å². The second-order valence-corrected chi connectivity index (χ2v) is 4.06. The van der Waals surface area contributed by atoms with Gasteiger partial charge in [-0.15, -0.1) is 0 Å². The van der Waals surface area contributed by atoms with Crippen molar-refractivity contribution in [1.82, 2.24) is 9.80 Å². The van der Waals surface area contributed by atoms with Gasteiger partial charge in [0, 0.05) is 20.1 Å². The molecule has 0 saturated carbocycles. The van der Waals surface area contributed by atoms with Crippen LogP contribution in [0.1, 0.15) is 20.3 Å². The lowest BCUT2D eigenvalue weighted by molar-refractivity contribution is 0.192. The van der Waals surface area contributed by atoms with Crippen LogP contribution >= 0.6 is 0 Å². The summed E-state index contributed by atoms with van der Waals surface area (Å²) in [6.45, 7) is 5.54. The van der Waals surface area contributed by atoms with E-state index in [9.17, 15) is 4.79 Å². The molecule has 1 heterocycles. The van der Waals surface area contributed by atoms with Gasteiger partial charge in [-0.25, -0.2) is 4.79 Å². The summed E-state index contributed by atoms with van der Waals surface area (Å²) in [7, 11) is 1.83. The zero-order valence-corrected chi connectivity index (χ0v) is 9.03. The van der Waals surface area contributed by atoms with Gasteiger partial charge in [0.05, 0.1) is 18.5 Å². The summed E-state index contributed by atoms with van der Waals surface area (Å²) in [5.74, 6) is 0.469. The summed E-state index contributed by atoms with van der Waals surface area (Å²) >= 11 is 0. The highest BCUT2D eigenvalue weighted by atomic mass is 16.2. The molecule has 1 rings (SSSR count). The fourth-order valence-electron chi connectivity index (χ4n) is 1.82. The smallest absolute Gasteiger partial charge is 0.320 e. The number of rotatable bonds is 3. The maximum Gasteiger partial charge on any atom is 0.320 e. The third-order valence-corrected chi connectivity index (χ3v) is 2.74. The van der Waals surface area contributed by atoms with Gasteiger partial charge < -0.3 is 9.80 Å². The van der Waals surface area contributed by atoms with E-state index in [2.05, 4.69) is 19.9 Å². The fraction of sp³-hybridized carbons (Fsp3) is 0.800. The third-order valence-electron chi connectivity index (χ3n) is 2.74. The lowest BCUT2D eigenvalue weighted by atomic mass is 10.0. The maximum absolute atomic E-state index is 11.7. The van der Waals surface area contributed by atoms with Crippen LogP contribution in [0.5, 0.6) is 0 Å². The van der Waals surface area contributed by atoms with Crippen molar-refractivity contribution in [1.29, 1.82) is 5.26 Å². The van der Waals surface area contributed by atoms with E-state index in [-0.39, 0.29) is 6.03 Å². The van der Waals surface area contributed by atoms with Crippen molar-refractivity contribution < 1.29 is 4.79 Å². The molecule has 78 valence electrons. The van der Waals surface area contributed by atoms with Crippen LogP contribution < -0.4 is 0 Å². The second kappa shape index (κ2) is 4.32. The molecule has 0 aromatic heterocycles. The monoisotopic (exact) mass is 195 g/mol. The Morgan fingerprint density at radius 2 is 2.29 bits per heavy atom. The van der Waals surface area contributed by atoms with Gasteiger partial charge in [-0.3, -0.25) is 0 Å². The van der Waals surface area contributed by atoms with Gasteiger partial charge in [-0.1, -0.05) is 13.8 Å². The van der Waals surface area contributed by atoms with E-state index in [0.29, 0.717) is 24.9 Å². The van der Waals surface area contributed by atoms with E-state index in [1.165, 1.54) is 0 Å². The van der Waals surface area contributed by atoms with Crippen molar-refractivity contribution in [3.05, 3.63) is 0 Å². The van der Waals surface area contributed by atoms with Crippen LogP contribution in [0.4, 0.5) is 4.79 Å². The van der Waals surface area contributed by atoms with Crippen molar-refractivity contribution >= 4 is 6.03 Å². The first kappa shape index (κ1) is 10.8. The number of likely N-dealkylation sites (N-methyl/N-ethyl adjacent to an activating group) is 1. The lowest BCUT2D eigenvalue weighted by Gasteiger charge is -2.20. The largest absolute Gasteiger partial charge is 0.323 e. The molecule has 0 aromatic rings. The van der Waals surface area contributed by atoms with Crippen molar-refractivity contribution in [2.45, 2.75) is 26.3 Å². The molecule has 1 unspecified atom stereocenters. The number of carbonyl (C=O) groups is 1. The molecule has 14 heavy (non-hydrogen) atoms. The van der Waals surface area contributed by atoms with Crippen molar-refractivity contribution in [2.75, 3.05) is 20.1 Å². The predicted octanol–water partition coefficient (Wildman–Crippen LogP) is 1.29. The molecule has 0 N–H and O–H groups in total. The standard InChI is InChI=1S/C10H17N3O/c1-8(2)9-7-13(6-4-5-11)10(14)12(9)3/h8-9H,4,6-7H2,1-3H3. The van der Waals surface area contributed by atoms with E-state index < -0.39 is 0 Å². The molecular formula is C10H17N3O. The molecule has 1 saturated heterocycles. The Morgan fingerprint density at radius 1 is 1.64 bits per heavy atom. The highest BCUT2D eigenvalue weighted by molar-refractivity contribution is 5.76. The molecule has 1 fully saturated rings. The molecule has 2 amide bonds. The average Bonchev–Trinajstić information content (AvgIpc) is 2.42. The molecule has 4 nitrogen and oxygen atoms in total. The number of urea groups is 1. The lowest BCUT2D eigenvalue weighted by Crippen LogP contribution is -2.33. The van der Waals surface area contributed by atoms with Crippen LogP contribution in [0.2, 0.25) is 0 Å². The summed E-state index contributed by atoms with van der Waals surface area (Å²) in [5, 5.41) is 8.45. The summed E-state index contributed by atoms with van der Waals surface area (Å²) in [6, 6.07) is 2.41. The molecule has 0 spiro atoms. The minimum absolute atomic E-state index is 0.0546. The van der Waals surface area contributed by atoms with E-state index in [0.717, 1.165) is 6.54 Å². The number of nitrogens with zero attached hydrogens (tertiary/aromatic N) is 3. The maximum atomic E-state index is 11.7. The van der Waals surface area contributed by atoms with Gasteiger partial charge in [-0.2, -0.15) is 5.26 Å². The molecule has 0 radical (unpaired) electrons. The minimum atomic E-state index is 0.0546. The Morgan fingerprint density at radius 3 is 2.71 bits per heavy atom. The summed E-state index contributed by atoms with van der Waals surface area (Å²) in [4.78, 5) is 15.2. The van der Waals surface area contributed by atoms with E-state index >= 15 is 0 Å². The van der Waals surface area contributed by atoms with Gasteiger partial charge >= 0.3 is 6.03 Å². The normalized spacial score (nSPS) is 21.9. The van der Waals surface area contributed by atoms with Crippen LogP contribution in [-0.4, -0.2) is 42.0 Å². The molecule has 1 aliphatic heterocycles. The Hall–Kier alpha value is -1.24. The molecule has 0 aliphatic carbocycles. The summed E-state index contributed by atoms with van der Waals surface area (Å²) < 4.78 is 0. The number of nitriles is 1. The Balaban J connectivity index is 2.58. The van der Waals surface area contributed by atoms with Crippen molar-refractivity contribution in [3.63, 3.8) is 0 Å². The van der Waals surface area contributed by atoms with Crippen LogP contribution in [0.25, 0.3) is 0 Å². The van der Waals surface area contributed by atoms with E-state index in [1.807, 2.05) is 7.05 Å². The number of hydrogen-bond donors (Lipinski definition) is 0. The average molecular weight is 195 g/mol. The van der Waals surface area contributed by atoms with Gasteiger partial charge in [0.25, 0.3) is 0 Å². The van der Waals surface area contributed by atoms with Crippen LogP contribution in [0.3, 0.4) is 0 Å². The van der Waals surface area contributed by atoms with E-state index in [1.54, 1.807) is 9.80 Å². The van der Waals surface area contributed by atoms with E-state index in [4.69, 9.17) is 5.26 Å². The summed E-state index contributed by atoms with van der Waals surface area (Å²) in [6.07, 6.45) is 0.421. The fourth-order valence-corrected chi connectivity index (χ4v) is 1.82. The molecule has 4 heteroatoms. The molecule has 1 aliphatic rings. The van der Waals surface area contributed by atoms with Gasteiger partial charge in [0.1, 0.15) is 0 Å². The Bertz CT molecular complexity index is 257. The quantitative estimate of drug-likeness (QED) is 0.681. The van der Waals surface area contributed by atoms with Crippen LogP contribution in [0.15, 0.2) is 0 Å². The first-order valence-corrected chi connectivity index (χ1v) is 4.96. The molecule has 0 aromatic carbocycles. The third kappa shape index (κ3) is 1.98. The number of hydrogen-bond acceptors (Lipinski definition) is 2. The minimum Gasteiger partial charge on any atom is -0.323 e. The number of carbonyl (C=O) groups excluding carboxylic acids is 1. The van der Waals surface area contributed by atoms with Crippen molar-refractivity contribution in [3.8, 4) is 6.07 Å². The first-order chi connectivity index (χ1) is 6.57. The topological polar surface area (TPSA) is 47.3 Å². The molecular weight excluding hydrogens is 178 g/mol. The SMILES string of the molecule is CC(C)C1CN(CCC#N)C(=O)N1C. The number of amides is 2. The van der Waals surface area contributed by atoms with Crippen molar-refractivity contribution in [2.24, 2.45) is 5.92 Å². The van der Waals surface area contributed by atoms with Gasteiger partial charge in [-0.05, 0) is 5.92 Å². The highest BCUT2D eigenvalue weighted by Gasteiger charge is 2.35. The van der Waals surface area contributed by atoms with Crippen LogP contribution in [-0.2, 0) is 0 Å². The first-order valence-electron chi connectivity index (χ1n) is 4.96. The Labute approximate surface area is 85.1 Å². The Kier molecular flexibility index (Phi) is 3.34. The zero-order chi connectivity index (χ0) is 10.7. The molecule has 1 atom stereocenters. The highest BCUT2D eigenvalue weighted by Crippen LogP contribution is 2.19.